The second-order valence-electron chi connectivity index (χ2n) is 7.33. The lowest BCUT2D eigenvalue weighted by Crippen LogP contribution is -2.08. The molecule has 0 atom stereocenters. The van der Waals surface area contributed by atoms with Crippen LogP contribution in [0.4, 0.5) is 0 Å². The Morgan fingerprint density at radius 3 is 2.70 bits per heavy atom. The van der Waals surface area contributed by atoms with Crippen molar-refractivity contribution in [2.24, 2.45) is 0 Å². The maximum atomic E-state index is 13.0. The van der Waals surface area contributed by atoms with E-state index < -0.39 is 0 Å². The molecule has 8 heteroatoms. The van der Waals surface area contributed by atoms with Gasteiger partial charge in [-0.3, -0.25) is 4.79 Å². The topological polar surface area (TPSA) is 78.7 Å². The fourth-order valence-electron chi connectivity index (χ4n) is 3.56. The number of carbonyl (C=O) groups is 1. The van der Waals surface area contributed by atoms with E-state index in [1.165, 1.54) is 17.3 Å². The molecule has 30 heavy (non-hydrogen) atoms. The lowest BCUT2D eigenvalue weighted by molar-refractivity contribution is 0.102. The zero-order valence-corrected chi connectivity index (χ0v) is 18.2. The second-order valence-corrected chi connectivity index (χ2v) is 8.27. The van der Waals surface area contributed by atoms with Crippen LogP contribution < -0.4 is 0 Å². The first-order valence-electron chi connectivity index (χ1n) is 9.65. The average molecular weight is 422 g/mol. The molecule has 0 N–H and O–H groups in total. The highest BCUT2D eigenvalue weighted by Crippen LogP contribution is 2.24. The van der Waals surface area contributed by atoms with Gasteiger partial charge in [0.25, 0.3) is 0 Å². The highest BCUT2D eigenvalue weighted by atomic mass is 32.2. The van der Waals surface area contributed by atoms with E-state index >= 15 is 0 Å². The number of Topliss-reactive ketones (excluding diaryl/α,β-unsaturated/α-hetero) is 1. The predicted octanol–water partition coefficient (Wildman–Crippen LogP) is 4.31. The number of tetrazole rings is 1. The third-order valence-corrected chi connectivity index (χ3v) is 6.04. The molecule has 0 aliphatic carbocycles. The van der Waals surface area contributed by atoms with Gasteiger partial charge in [0.1, 0.15) is 5.76 Å². The van der Waals surface area contributed by atoms with Crippen molar-refractivity contribution in [1.82, 2.24) is 24.8 Å². The number of rotatable bonds is 7. The van der Waals surface area contributed by atoms with Gasteiger partial charge in [-0.25, -0.2) is 0 Å². The summed E-state index contributed by atoms with van der Waals surface area (Å²) in [4.78, 5) is 13.0. The molecule has 1 aromatic carbocycles. The maximum absolute atomic E-state index is 13.0. The minimum absolute atomic E-state index is 0.0500. The number of aryl methyl sites for hydroxylation is 3. The zero-order chi connectivity index (χ0) is 21.3. The van der Waals surface area contributed by atoms with Crippen LogP contribution in [0.15, 0.2) is 52.2 Å². The van der Waals surface area contributed by atoms with Gasteiger partial charge >= 0.3 is 0 Å². The van der Waals surface area contributed by atoms with E-state index in [2.05, 4.69) is 26.2 Å². The molecular formula is C22H23N5O2S. The standard InChI is InChI=1S/C22H23N5O2S/c1-14-7-8-20(15(2)10-14)27-22(23-24-25-27)30-13-21(28)19-11-16(3)26(17(19)4)12-18-6-5-9-29-18/h5-11H,12-13H2,1-4H3. The zero-order valence-electron chi connectivity index (χ0n) is 17.4. The Morgan fingerprint density at radius 1 is 1.13 bits per heavy atom. The van der Waals surface area contributed by atoms with Crippen molar-refractivity contribution in [2.75, 3.05) is 5.75 Å². The van der Waals surface area contributed by atoms with Gasteiger partial charge < -0.3 is 8.98 Å². The number of furan rings is 1. The first-order chi connectivity index (χ1) is 14.4. The Morgan fingerprint density at radius 2 is 1.97 bits per heavy atom. The largest absolute Gasteiger partial charge is 0.467 e. The van der Waals surface area contributed by atoms with Gasteiger partial charge in [0.15, 0.2) is 5.78 Å². The summed E-state index contributed by atoms with van der Waals surface area (Å²) in [6, 6.07) is 11.8. The Hall–Kier alpha value is -3.13. The Balaban J connectivity index is 1.51. The summed E-state index contributed by atoms with van der Waals surface area (Å²) in [6.07, 6.45) is 1.66. The van der Waals surface area contributed by atoms with Crippen molar-refractivity contribution in [3.63, 3.8) is 0 Å². The minimum Gasteiger partial charge on any atom is -0.467 e. The first kappa shape index (κ1) is 20.2. The number of carbonyl (C=O) groups excluding carboxylic acids is 1. The Bertz CT molecular complexity index is 1190. The van der Waals surface area contributed by atoms with Crippen LogP contribution >= 0.6 is 11.8 Å². The molecule has 3 heterocycles. The van der Waals surface area contributed by atoms with Gasteiger partial charge in [-0.15, -0.1) is 5.10 Å². The van der Waals surface area contributed by atoms with Gasteiger partial charge in [0.2, 0.25) is 5.16 Å². The van der Waals surface area contributed by atoms with Crippen LogP contribution in [0.5, 0.6) is 0 Å². The number of nitrogens with zero attached hydrogens (tertiary/aromatic N) is 5. The Labute approximate surface area is 179 Å². The van der Waals surface area contributed by atoms with Crippen LogP contribution in [0, 0.1) is 27.7 Å². The molecule has 0 saturated heterocycles. The molecule has 0 saturated carbocycles. The lowest BCUT2D eigenvalue weighted by atomic mass is 10.1. The van der Waals surface area contributed by atoms with E-state index in [1.54, 1.807) is 10.9 Å². The van der Waals surface area contributed by atoms with E-state index in [0.717, 1.165) is 34.0 Å². The van der Waals surface area contributed by atoms with Crippen molar-refractivity contribution >= 4 is 17.5 Å². The van der Waals surface area contributed by atoms with E-state index in [1.807, 2.05) is 58.0 Å². The quantitative estimate of drug-likeness (QED) is 0.327. The summed E-state index contributed by atoms with van der Waals surface area (Å²) < 4.78 is 9.23. The first-order valence-corrected chi connectivity index (χ1v) is 10.6. The molecule has 0 aliphatic rings. The van der Waals surface area contributed by atoms with E-state index in [4.69, 9.17) is 4.42 Å². The number of aromatic nitrogens is 5. The molecule has 3 aromatic heterocycles. The van der Waals surface area contributed by atoms with Gasteiger partial charge in [0.05, 0.1) is 24.2 Å². The number of thioether (sulfide) groups is 1. The fourth-order valence-corrected chi connectivity index (χ4v) is 4.32. The van der Waals surface area contributed by atoms with Gasteiger partial charge in [-0.05, 0) is 68.0 Å². The highest BCUT2D eigenvalue weighted by Gasteiger charge is 2.19. The molecule has 7 nitrogen and oxygen atoms in total. The van der Waals surface area contributed by atoms with Crippen molar-refractivity contribution in [3.8, 4) is 5.69 Å². The smallest absolute Gasteiger partial charge is 0.214 e. The molecule has 0 bridgehead atoms. The van der Waals surface area contributed by atoms with E-state index in [-0.39, 0.29) is 11.5 Å². The predicted molar refractivity (Wildman–Crippen MR) is 115 cm³/mol. The molecule has 0 radical (unpaired) electrons. The molecule has 0 spiro atoms. The number of hydrogen-bond acceptors (Lipinski definition) is 6. The summed E-state index contributed by atoms with van der Waals surface area (Å²) >= 11 is 1.34. The third kappa shape index (κ3) is 3.95. The number of benzene rings is 1. The fraction of sp³-hybridized carbons (Fsp3) is 0.273. The van der Waals surface area contributed by atoms with Gasteiger partial charge in [-0.1, -0.05) is 29.5 Å². The summed E-state index contributed by atoms with van der Waals surface area (Å²) in [6.45, 7) is 8.65. The molecule has 4 aromatic rings. The SMILES string of the molecule is Cc1ccc(-n2nnnc2SCC(=O)c2cc(C)n(Cc3ccco3)c2C)c(C)c1. The average Bonchev–Trinajstić information content (AvgIpc) is 3.44. The minimum atomic E-state index is 0.0500. The number of hydrogen-bond donors (Lipinski definition) is 0. The van der Waals surface area contributed by atoms with Crippen molar-refractivity contribution < 1.29 is 9.21 Å². The summed E-state index contributed by atoms with van der Waals surface area (Å²) in [5, 5.41) is 12.6. The second kappa shape index (κ2) is 8.31. The van der Waals surface area contributed by atoms with Crippen molar-refractivity contribution in [3.05, 3.63) is 76.5 Å². The van der Waals surface area contributed by atoms with Crippen LogP contribution in [-0.2, 0) is 6.54 Å². The van der Waals surface area contributed by atoms with E-state index in [9.17, 15) is 4.79 Å². The summed E-state index contributed by atoms with van der Waals surface area (Å²) in [7, 11) is 0. The number of ketones is 1. The van der Waals surface area contributed by atoms with Crippen molar-refractivity contribution in [1.29, 1.82) is 0 Å². The van der Waals surface area contributed by atoms with E-state index in [0.29, 0.717) is 11.7 Å². The molecule has 154 valence electrons. The highest BCUT2D eigenvalue weighted by molar-refractivity contribution is 7.99. The molecule has 0 unspecified atom stereocenters. The van der Waals surface area contributed by atoms with Gasteiger partial charge in [0, 0.05) is 17.0 Å². The molecule has 4 rings (SSSR count). The Kier molecular flexibility index (Phi) is 5.59. The van der Waals surface area contributed by atoms with Crippen LogP contribution in [0.3, 0.4) is 0 Å². The van der Waals surface area contributed by atoms with Crippen LogP contribution in [0.25, 0.3) is 5.69 Å². The van der Waals surface area contributed by atoms with Crippen LogP contribution in [-0.4, -0.2) is 36.3 Å². The molecule has 0 aliphatic heterocycles. The molecular weight excluding hydrogens is 398 g/mol. The third-order valence-electron chi connectivity index (χ3n) is 5.12. The molecule has 0 amide bonds. The van der Waals surface area contributed by atoms with Crippen LogP contribution in [0.1, 0.15) is 38.6 Å². The van der Waals surface area contributed by atoms with Gasteiger partial charge in [-0.2, -0.15) is 4.68 Å². The maximum Gasteiger partial charge on any atom is 0.214 e. The van der Waals surface area contributed by atoms with Crippen molar-refractivity contribution in [2.45, 2.75) is 39.4 Å². The summed E-state index contributed by atoms with van der Waals surface area (Å²) in [5.41, 5.74) is 5.85. The normalized spacial score (nSPS) is 11.2. The lowest BCUT2D eigenvalue weighted by Gasteiger charge is -2.09. The van der Waals surface area contributed by atoms with Crippen LogP contribution in [0.2, 0.25) is 0 Å². The monoisotopic (exact) mass is 421 g/mol. The molecule has 0 fully saturated rings. The summed E-state index contributed by atoms with van der Waals surface area (Å²) in [5.74, 6) is 1.17.